The Morgan fingerprint density at radius 1 is 0.565 bits per heavy atom. The standard InChI is InChI=1S/C48H91NO13/c1-3-5-7-9-11-13-15-17-18-19-20-22-24-26-28-30-32-40(53)49-36(37(52)31-29-27-25-23-21-16-14-12-10-8-6-4-2)35-59-47-45(58)43(56)46(39(34-51)61-47)62-48-44(57)42(55)41(54)38(33-50)60-48/h29,31,36-39,41-48,50-52,54-58H,3-28,30,32-35H2,1-2H3,(H,49,53)/b31-29+. The summed E-state index contributed by atoms with van der Waals surface area (Å²) >= 11 is 0. The molecule has 0 aliphatic carbocycles. The van der Waals surface area contributed by atoms with Crippen molar-refractivity contribution in [3.63, 3.8) is 0 Å². The Morgan fingerprint density at radius 2 is 1.00 bits per heavy atom. The Labute approximate surface area is 374 Å². The van der Waals surface area contributed by atoms with Gasteiger partial charge in [0.15, 0.2) is 12.6 Å². The van der Waals surface area contributed by atoms with Crippen LogP contribution in [-0.4, -0.2) is 140 Å². The van der Waals surface area contributed by atoms with E-state index in [9.17, 15) is 45.6 Å². The molecular formula is C48H91NO13. The molecule has 366 valence electrons. The fraction of sp³-hybridized carbons (Fsp3) is 0.938. The monoisotopic (exact) mass is 890 g/mol. The van der Waals surface area contributed by atoms with E-state index in [2.05, 4.69) is 19.2 Å². The summed E-state index contributed by atoms with van der Waals surface area (Å²) in [6, 6.07) is -0.906. The number of hydrogen-bond acceptors (Lipinski definition) is 13. The number of rotatable bonds is 38. The Kier molecular flexibility index (Phi) is 32.9. The Bertz CT molecular complexity index is 1100. The van der Waals surface area contributed by atoms with Gasteiger partial charge in [0.05, 0.1) is 32.0 Å². The number of ether oxygens (including phenoxy) is 4. The second kappa shape index (κ2) is 35.9. The van der Waals surface area contributed by atoms with Crippen LogP contribution >= 0.6 is 0 Å². The molecule has 12 unspecified atom stereocenters. The first kappa shape index (κ1) is 56.9. The molecule has 2 rings (SSSR count). The molecular weight excluding hydrogens is 799 g/mol. The number of amides is 1. The maximum atomic E-state index is 13.1. The first-order valence-corrected chi connectivity index (χ1v) is 24.9. The van der Waals surface area contributed by atoms with Crippen LogP contribution in [0.2, 0.25) is 0 Å². The first-order chi connectivity index (χ1) is 30.1. The summed E-state index contributed by atoms with van der Waals surface area (Å²) in [6.07, 6.45) is 19.6. The summed E-state index contributed by atoms with van der Waals surface area (Å²) in [5, 5.41) is 86.6. The lowest BCUT2D eigenvalue weighted by atomic mass is 9.97. The Balaban J connectivity index is 1.85. The summed E-state index contributed by atoms with van der Waals surface area (Å²) in [5.74, 6) is -0.238. The highest BCUT2D eigenvalue weighted by atomic mass is 16.7. The van der Waals surface area contributed by atoms with Gasteiger partial charge in [-0.2, -0.15) is 0 Å². The second-order valence-corrected chi connectivity index (χ2v) is 18.0. The fourth-order valence-electron chi connectivity index (χ4n) is 8.35. The van der Waals surface area contributed by atoms with E-state index < -0.39 is 86.8 Å². The topological polar surface area (TPSA) is 228 Å². The van der Waals surface area contributed by atoms with Crippen molar-refractivity contribution in [3.05, 3.63) is 12.2 Å². The van der Waals surface area contributed by atoms with E-state index >= 15 is 0 Å². The van der Waals surface area contributed by atoms with Gasteiger partial charge in [0.25, 0.3) is 0 Å². The molecule has 0 aromatic rings. The normalized spacial score (nSPS) is 27.8. The van der Waals surface area contributed by atoms with E-state index in [1.54, 1.807) is 6.08 Å². The molecule has 2 aliphatic heterocycles. The Morgan fingerprint density at radius 3 is 1.48 bits per heavy atom. The molecule has 0 aromatic carbocycles. The maximum Gasteiger partial charge on any atom is 0.220 e. The molecule has 0 bridgehead atoms. The van der Waals surface area contributed by atoms with Crippen LogP contribution in [0.4, 0.5) is 0 Å². The molecule has 2 aliphatic rings. The number of hydrogen-bond donors (Lipinski definition) is 9. The number of aliphatic hydroxyl groups is 8. The summed E-state index contributed by atoms with van der Waals surface area (Å²) < 4.78 is 22.7. The van der Waals surface area contributed by atoms with Gasteiger partial charge in [0, 0.05) is 6.42 Å². The quantitative estimate of drug-likeness (QED) is 0.0257. The average Bonchev–Trinajstić information content (AvgIpc) is 3.27. The third-order valence-electron chi connectivity index (χ3n) is 12.5. The summed E-state index contributed by atoms with van der Waals surface area (Å²) in [4.78, 5) is 13.1. The van der Waals surface area contributed by atoms with E-state index in [1.807, 2.05) is 6.08 Å². The number of allylic oxidation sites excluding steroid dienone is 1. The van der Waals surface area contributed by atoms with E-state index in [4.69, 9.17) is 18.9 Å². The fourth-order valence-corrected chi connectivity index (χ4v) is 8.35. The van der Waals surface area contributed by atoms with Crippen LogP contribution in [0.15, 0.2) is 12.2 Å². The minimum Gasteiger partial charge on any atom is -0.394 e. The highest BCUT2D eigenvalue weighted by Crippen LogP contribution is 2.30. The zero-order chi connectivity index (χ0) is 45.4. The highest BCUT2D eigenvalue weighted by Gasteiger charge is 2.51. The number of aliphatic hydroxyl groups excluding tert-OH is 8. The van der Waals surface area contributed by atoms with Crippen LogP contribution < -0.4 is 5.32 Å². The molecule has 0 radical (unpaired) electrons. The second-order valence-electron chi connectivity index (χ2n) is 18.0. The molecule has 2 heterocycles. The van der Waals surface area contributed by atoms with Crippen molar-refractivity contribution in [1.82, 2.24) is 5.32 Å². The zero-order valence-corrected chi connectivity index (χ0v) is 38.6. The van der Waals surface area contributed by atoms with Crippen LogP contribution in [-0.2, 0) is 23.7 Å². The molecule has 0 aromatic heterocycles. The lowest BCUT2D eigenvalue weighted by Gasteiger charge is -2.46. The van der Waals surface area contributed by atoms with Crippen molar-refractivity contribution >= 4 is 5.91 Å². The third-order valence-corrected chi connectivity index (χ3v) is 12.5. The summed E-state index contributed by atoms with van der Waals surface area (Å²) in [6.45, 7) is 2.78. The molecule has 1 amide bonds. The van der Waals surface area contributed by atoms with Crippen molar-refractivity contribution in [2.75, 3.05) is 19.8 Å². The first-order valence-electron chi connectivity index (χ1n) is 24.9. The predicted molar refractivity (Wildman–Crippen MR) is 240 cm³/mol. The number of carbonyl (C=O) groups excluding carboxylic acids is 1. The van der Waals surface area contributed by atoms with Gasteiger partial charge in [0.2, 0.25) is 5.91 Å². The molecule has 2 fully saturated rings. The SMILES string of the molecule is CCCCCCCCCCCC/C=C/C(O)C(COC1OC(CO)C(OC2OC(CO)C(O)C(O)C2O)C(O)C1O)NC(=O)CCCCCCCCCCCCCCCCCC. The summed E-state index contributed by atoms with van der Waals surface area (Å²) in [7, 11) is 0. The molecule has 2 saturated heterocycles. The largest absolute Gasteiger partial charge is 0.394 e. The lowest BCUT2D eigenvalue weighted by Crippen LogP contribution is -2.65. The number of carbonyl (C=O) groups is 1. The molecule has 12 atom stereocenters. The van der Waals surface area contributed by atoms with Crippen molar-refractivity contribution in [3.8, 4) is 0 Å². The van der Waals surface area contributed by atoms with Gasteiger partial charge in [-0.3, -0.25) is 4.79 Å². The molecule has 9 N–H and O–H groups in total. The minimum absolute atomic E-state index is 0.238. The van der Waals surface area contributed by atoms with E-state index in [0.29, 0.717) is 6.42 Å². The van der Waals surface area contributed by atoms with Crippen LogP contribution in [0, 0.1) is 0 Å². The van der Waals surface area contributed by atoms with E-state index in [1.165, 1.54) is 128 Å². The molecule has 0 spiro atoms. The van der Waals surface area contributed by atoms with Crippen molar-refractivity contribution < 1.29 is 64.6 Å². The van der Waals surface area contributed by atoms with Crippen LogP contribution in [0.5, 0.6) is 0 Å². The lowest BCUT2D eigenvalue weighted by molar-refractivity contribution is -0.359. The van der Waals surface area contributed by atoms with Gasteiger partial charge in [0.1, 0.15) is 48.8 Å². The average molecular weight is 890 g/mol. The van der Waals surface area contributed by atoms with Crippen LogP contribution in [0.1, 0.15) is 194 Å². The van der Waals surface area contributed by atoms with Gasteiger partial charge in [-0.1, -0.05) is 180 Å². The molecule has 62 heavy (non-hydrogen) atoms. The van der Waals surface area contributed by atoms with Crippen molar-refractivity contribution in [2.24, 2.45) is 0 Å². The van der Waals surface area contributed by atoms with Crippen molar-refractivity contribution in [1.29, 1.82) is 0 Å². The van der Waals surface area contributed by atoms with Crippen LogP contribution in [0.25, 0.3) is 0 Å². The minimum atomic E-state index is -1.78. The Hall–Kier alpha value is -1.27. The van der Waals surface area contributed by atoms with Gasteiger partial charge < -0.3 is 65.1 Å². The van der Waals surface area contributed by atoms with Gasteiger partial charge in [-0.05, 0) is 19.3 Å². The van der Waals surface area contributed by atoms with E-state index in [-0.39, 0.29) is 18.9 Å². The molecule has 14 heteroatoms. The van der Waals surface area contributed by atoms with Crippen LogP contribution in [0.3, 0.4) is 0 Å². The van der Waals surface area contributed by atoms with Gasteiger partial charge in [-0.25, -0.2) is 0 Å². The van der Waals surface area contributed by atoms with Gasteiger partial charge >= 0.3 is 0 Å². The predicted octanol–water partition coefficient (Wildman–Crippen LogP) is 5.99. The number of unbranched alkanes of at least 4 members (excludes halogenated alkanes) is 25. The van der Waals surface area contributed by atoms with Gasteiger partial charge in [-0.15, -0.1) is 0 Å². The van der Waals surface area contributed by atoms with E-state index in [0.717, 1.165) is 38.5 Å². The molecule has 0 saturated carbocycles. The smallest absolute Gasteiger partial charge is 0.220 e. The number of nitrogens with one attached hydrogen (secondary N) is 1. The summed E-state index contributed by atoms with van der Waals surface area (Å²) in [5.41, 5.74) is 0. The third kappa shape index (κ3) is 23.3. The van der Waals surface area contributed by atoms with Crippen molar-refractivity contribution in [2.45, 2.75) is 267 Å². The molecule has 14 nitrogen and oxygen atoms in total. The maximum absolute atomic E-state index is 13.1. The highest BCUT2D eigenvalue weighted by molar-refractivity contribution is 5.76. The zero-order valence-electron chi connectivity index (χ0n) is 38.6.